The monoisotopic (exact) mass is 379 g/mol. The Morgan fingerprint density at radius 2 is 1.86 bits per heavy atom. The summed E-state index contributed by atoms with van der Waals surface area (Å²) in [5.74, 6) is 0.274. The van der Waals surface area contributed by atoms with Crippen molar-refractivity contribution in [2.24, 2.45) is 0 Å². The van der Waals surface area contributed by atoms with Gasteiger partial charge >= 0.3 is 0 Å². The number of anilines is 1. The van der Waals surface area contributed by atoms with Crippen molar-refractivity contribution in [3.63, 3.8) is 0 Å². The van der Waals surface area contributed by atoms with Crippen LogP contribution in [-0.2, 0) is 4.79 Å². The number of ether oxygens (including phenoxy) is 2. The van der Waals surface area contributed by atoms with Gasteiger partial charge in [0.25, 0.3) is 5.91 Å². The van der Waals surface area contributed by atoms with E-state index in [0.29, 0.717) is 45.1 Å². The van der Waals surface area contributed by atoms with E-state index in [-0.39, 0.29) is 5.91 Å². The van der Waals surface area contributed by atoms with Crippen molar-refractivity contribution in [1.29, 1.82) is 0 Å². The molecule has 0 saturated heterocycles. The molecule has 2 heterocycles. The normalized spacial score (nSPS) is 14.1. The number of hydrogen-bond acceptors (Lipinski definition) is 4. The number of fused-ring (bicyclic) bond motifs is 1. The number of H-pyrrole nitrogens is 1. The van der Waals surface area contributed by atoms with Crippen LogP contribution >= 0.6 is 0 Å². The van der Waals surface area contributed by atoms with Gasteiger partial charge in [-0.05, 0) is 42.8 Å². The smallest absolute Gasteiger partial charge is 0.256 e. The summed E-state index contributed by atoms with van der Waals surface area (Å²) in [4.78, 5) is 19.8. The molecule has 1 aliphatic rings. The third kappa shape index (κ3) is 2.81. The fraction of sp³-hybridized carbons (Fsp3) is 0.143. The van der Waals surface area contributed by atoms with Crippen molar-refractivity contribution in [1.82, 2.24) is 9.97 Å². The van der Waals surface area contributed by atoms with Gasteiger partial charge in [-0.3, -0.25) is 4.79 Å². The molecular weight excluding hydrogens is 361 g/mol. The van der Waals surface area contributed by atoms with E-state index < -0.39 is 5.82 Å². The van der Waals surface area contributed by atoms with E-state index >= 15 is 0 Å². The summed E-state index contributed by atoms with van der Waals surface area (Å²) in [7, 11) is 3.05. The molecule has 0 atom stereocenters. The number of carbonyl (C=O) groups is 1. The van der Waals surface area contributed by atoms with Crippen LogP contribution in [0.15, 0.2) is 36.7 Å². The van der Waals surface area contributed by atoms with Crippen LogP contribution in [0.1, 0.15) is 17.0 Å². The van der Waals surface area contributed by atoms with Gasteiger partial charge in [0, 0.05) is 22.5 Å². The van der Waals surface area contributed by atoms with E-state index in [9.17, 15) is 9.18 Å². The number of amides is 1. The summed E-state index contributed by atoms with van der Waals surface area (Å²) in [6.07, 6.45) is 3.22. The molecule has 1 aromatic heterocycles. The molecule has 0 fully saturated rings. The van der Waals surface area contributed by atoms with Crippen molar-refractivity contribution in [3.05, 3.63) is 59.4 Å². The molecule has 0 unspecified atom stereocenters. The minimum Gasteiger partial charge on any atom is -0.493 e. The highest BCUT2D eigenvalue weighted by Crippen LogP contribution is 2.43. The fourth-order valence-electron chi connectivity index (χ4n) is 3.33. The van der Waals surface area contributed by atoms with Crippen LogP contribution in [0.2, 0.25) is 0 Å². The average Bonchev–Trinajstić information content (AvgIpc) is 3.24. The first kappa shape index (κ1) is 17.8. The summed E-state index contributed by atoms with van der Waals surface area (Å²) in [6, 6.07) is 8.04. The van der Waals surface area contributed by atoms with Crippen molar-refractivity contribution in [3.8, 4) is 22.6 Å². The number of imidazole rings is 1. The van der Waals surface area contributed by atoms with E-state index in [2.05, 4.69) is 15.3 Å². The van der Waals surface area contributed by atoms with Gasteiger partial charge in [0.1, 0.15) is 5.82 Å². The van der Waals surface area contributed by atoms with Crippen LogP contribution in [-0.4, -0.2) is 30.1 Å². The molecule has 2 N–H and O–H groups in total. The maximum Gasteiger partial charge on any atom is 0.256 e. The van der Waals surface area contributed by atoms with Crippen LogP contribution in [0.5, 0.6) is 11.5 Å². The number of nitrogens with one attached hydrogen (secondary N) is 2. The van der Waals surface area contributed by atoms with Crippen LogP contribution in [0, 0.1) is 12.7 Å². The van der Waals surface area contributed by atoms with Crippen molar-refractivity contribution in [2.75, 3.05) is 19.5 Å². The Labute approximate surface area is 161 Å². The number of benzene rings is 2. The third-order valence-electron chi connectivity index (χ3n) is 4.74. The molecule has 0 saturated carbocycles. The zero-order valence-corrected chi connectivity index (χ0v) is 15.6. The number of halogens is 1. The number of nitrogens with zero attached hydrogens (tertiary/aromatic N) is 1. The van der Waals surface area contributed by atoms with Gasteiger partial charge in [-0.25, -0.2) is 9.37 Å². The fourth-order valence-corrected chi connectivity index (χ4v) is 3.33. The zero-order chi connectivity index (χ0) is 19.8. The van der Waals surface area contributed by atoms with Crippen molar-refractivity contribution < 1.29 is 18.7 Å². The van der Waals surface area contributed by atoms with Gasteiger partial charge < -0.3 is 19.8 Å². The second kappa shape index (κ2) is 6.84. The minimum absolute atomic E-state index is 0.301. The summed E-state index contributed by atoms with van der Waals surface area (Å²) in [6.45, 7) is 1.86. The largest absolute Gasteiger partial charge is 0.493 e. The van der Waals surface area contributed by atoms with Crippen LogP contribution < -0.4 is 14.8 Å². The maximum absolute atomic E-state index is 14.9. The Bertz CT molecular complexity index is 1120. The second-order valence-corrected chi connectivity index (χ2v) is 6.34. The Kier molecular flexibility index (Phi) is 4.35. The summed E-state index contributed by atoms with van der Waals surface area (Å²) in [5, 5.41) is 2.80. The SMILES string of the molecule is COc1ccc(-c2c(F)ccc3c2/C(=C/c2nc[nH]c2C)C(=O)N3)cc1OC. The topological polar surface area (TPSA) is 76.2 Å². The predicted octanol–water partition coefficient (Wildman–Crippen LogP) is 4.03. The molecule has 4 rings (SSSR count). The van der Waals surface area contributed by atoms with Gasteiger partial charge in [0.05, 0.1) is 31.8 Å². The molecule has 7 heteroatoms. The Morgan fingerprint density at radius 3 is 2.54 bits per heavy atom. The lowest BCUT2D eigenvalue weighted by molar-refractivity contribution is -0.110. The highest BCUT2D eigenvalue weighted by molar-refractivity contribution is 6.36. The number of methoxy groups -OCH3 is 2. The number of rotatable bonds is 4. The number of aryl methyl sites for hydroxylation is 1. The van der Waals surface area contributed by atoms with E-state index in [0.717, 1.165) is 5.69 Å². The zero-order valence-electron chi connectivity index (χ0n) is 15.6. The maximum atomic E-state index is 14.9. The first-order valence-corrected chi connectivity index (χ1v) is 8.61. The number of aromatic amines is 1. The standard InChI is InChI=1S/C21H18FN3O3/c1-11-16(24-10-23-11)9-13-20-15(25-21(13)26)6-5-14(22)19(20)12-4-7-17(27-2)18(8-12)28-3/h4-10H,1-3H3,(H,23,24)(H,25,26)/b13-9-. The molecule has 0 radical (unpaired) electrons. The molecule has 0 bridgehead atoms. The van der Waals surface area contributed by atoms with Gasteiger partial charge in [-0.15, -0.1) is 0 Å². The quantitative estimate of drug-likeness (QED) is 0.671. The Morgan fingerprint density at radius 1 is 1.07 bits per heavy atom. The first-order chi connectivity index (χ1) is 13.5. The average molecular weight is 379 g/mol. The number of carbonyl (C=O) groups excluding carboxylic acids is 1. The lowest BCUT2D eigenvalue weighted by Crippen LogP contribution is -2.03. The molecule has 0 spiro atoms. The molecule has 1 amide bonds. The molecular formula is C21H18FN3O3. The molecule has 3 aromatic rings. The van der Waals surface area contributed by atoms with Crippen molar-refractivity contribution in [2.45, 2.75) is 6.92 Å². The Balaban J connectivity index is 1.95. The van der Waals surface area contributed by atoms with E-state index in [1.54, 1.807) is 36.7 Å². The first-order valence-electron chi connectivity index (χ1n) is 8.61. The van der Waals surface area contributed by atoms with Gasteiger partial charge in [-0.1, -0.05) is 6.07 Å². The van der Waals surface area contributed by atoms with Gasteiger partial charge in [0.15, 0.2) is 11.5 Å². The molecule has 0 aliphatic carbocycles. The van der Waals surface area contributed by atoms with Crippen molar-refractivity contribution >= 4 is 23.2 Å². The molecule has 28 heavy (non-hydrogen) atoms. The van der Waals surface area contributed by atoms with E-state index in [1.807, 2.05) is 6.92 Å². The molecule has 142 valence electrons. The molecule has 6 nitrogen and oxygen atoms in total. The lowest BCUT2D eigenvalue weighted by atomic mass is 9.93. The van der Waals surface area contributed by atoms with Crippen LogP contribution in [0.25, 0.3) is 22.8 Å². The molecule has 2 aromatic carbocycles. The predicted molar refractivity (Wildman–Crippen MR) is 105 cm³/mol. The highest BCUT2D eigenvalue weighted by Gasteiger charge is 2.30. The van der Waals surface area contributed by atoms with E-state index in [1.165, 1.54) is 20.3 Å². The highest BCUT2D eigenvalue weighted by atomic mass is 19.1. The van der Waals surface area contributed by atoms with E-state index in [4.69, 9.17) is 9.47 Å². The minimum atomic E-state index is -0.438. The van der Waals surface area contributed by atoms with Gasteiger partial charge in [-0.2, -0.15) is 0 Å². The second-order valence-electron chi connectivity index (χ2n) is 6.34. The summed E-state index contributed by atoms with van der Waals surface area (Å²) < 4.78 is 25.6. The van der Waals surface area contributed by atoms with Crippen LogP contribution in [0.4, 0.5) is 10.1 Å². The number of aromatic nitrogens is 2. The molecule has 1 aliphatic heterocycles. The third-order valence-corrected chi connectivity index (χ3v) is 4.74. The summed E-state index contributed by atoms with van der Waals surface area (Å²) >= 11 is 0. The lowest BCUT2D eigenvalue weighted by Gasteiger charge is -2.13. The van der Waals surface area contributed by atoms with Gasteiger partial charge in [0.2, 0.25) is 0 Å². The Hall–Kier alpha value is -3.61. The van der Waals surface area contributed by atoms with Crippen LogP contribution in [0.3, 0.4) is 0 Å². The summed E-state index contributed by atoms with van der Waals surface area (Å²) in [5.41, 5.74) is 3.74. The number of hydrogen-bond donors (Lipinski definition) is 2.